The maximum atomic E-state index is 10.8. The van der Waals surface area contributed by atoms with Crippen LogP contribution < -0.4 is 11.1 Å². The molecule has 0 aliphatic carbocycles. The third-order valence-electron chi connectivity index (χ3n) is 2.60. The van der Waals surface area contributed by atoms with Gasteiger partial charge in [-0.05, 0) is 42.8 Å². The molecule has 2 rings (SSSR count). The Morgan fingerprint density at radius 2 is 2.00 bits per heavy atom. The summed E-state index contributed by atoms with van der Waals surface area (Å²) in [5, 5.41) is 12.0. The molecule has 0 radical (unpaired) electrons. The zero-order chi connectivity index (χ0) is 13.1. The summed E-state index contributed by atoms with van der Waals surface area (Å²) < 4.78 is 0. The number of aryl methyl sites for hydroxylation is 1. The highest BCUT2D eigenvalue weighted by molar-refractivity contribution is 5.90. The molecule has 0 aliphatic heterocycles. The number of nitrogens with one attached hydrogen (secondary N) is 1. The van der Waals surface area contributed by atoms with E-state index in [1.165, 1.54) is 12.1 Å². The summed E-state index contributed by atoms with van der Waals surface area (Å²) in [6.07, 6.45) is 0. The van der Waals surface area contributed by atoms with Gasteiger partial charge >= 0.3 is 5.97 Å². The smallest absolute Gasteiger partial charge is 0.335 e. The average Bonchev–Trinajstić information content (AvgIpc) is 2.31. The highest BCUT2D eigenvalue weighted by Crippen LogP contribution is 2.24. The number of carboxylic acids is 1. The summed E-state index contributed by atoms with van der Waals surface area (Å²) in [7, 11) is 0. The van der Waals surface area contributed by atoms with E-state index in [9.17, 15) is 4.79 Å². The monoisotopic (exact) mass is 242 g/mol. The van der Waals surface area contributed by atoms with Crippen LogP contribution in [0.3, 0.4) is 0 Å². The van der Waals surface area contributed by atoms with Gasteiger partial charge in [0.2, 0.25) is 0 Å². The third-order valence-corrected chi connectivity index (χ3v) is 2.60. The molecule has 0 aromatic heterocycles. The normalized spacial score (nSPS) is 10.1. The fourth-order valence-corrected chi connectivity index (χ4v) is 1.69. The molecule has 4 N–H and O–H groups in total. The highest BCUT2D eigenvalue weighted by atomic mass is 16.4. The quantitative estimate of drug-likeness (QED) is 0.723. The lowest BCUT2D eigenvalue weighted by Crippen LogP contribution is -2.01. The van der Waals surface area contributed by atoms with E-state index >= 15 is 0 Å². The number of hydrogen-bond acceptors (Lipinski definition) is 3. The molecule has 2 aromatic rings. The zero-order valence-electron chi connectivity index (χ0n) is 9.97. The van der Waals surface area contributed by atoms with E-state index < -0.39 is 5.97 Å². The Kier molecular flexibility index (Phi) is 3.19. The minimum absolute atomic E-state index is 0.183. The van der Waals surface area contributed by atoms with Gasteiger partial charge in [0, 0.05) is 5.69 Å². The van der Waals surface area contributed by atoms with Gasteiger partial charge in [-0.15, -0.1) is 0 Å². The second-order valence-electron chi connectivity index (χ2n) is 4.10. The molecule has 92 valence electrons. The average molecular weight is 242 g/mol. The molecule has 0 fully saturated rings. The molecule has 0 bridgehead atoms. The van der Waals surface area contributed by atoms with E-state index in [-0.39, 0.29) is 5.56 Å². The van der Waals surface area contributed by atoms with Crippen LogP contribution in [-0.2, 0) is 0 Å². The fourth-order valence-electron chi connectivity index (χ4n) is 1.69. The number of rotatable bonds is 3. The van der Waals surface area contributed by atoms with Crippen LogP contribution in [0.1, 0.15) is 15.9 Å². The first-order valence-electron chi connectivity index (χ1n) is 5.53. The summed E-state index contributed by atoms with van der Waals surface area (Å²) in [6.45, 7) is 2.00. The summed E-state index contributed by atoms with van der Waals surface area (Å²) in [4.78, 5) is 10.8. The van der Waals surface area contributed by atoms with Crippen LogP contribution in [0.4, 0.5) is 17.1 Å². The minimum Gasteiger partial charge on any atom is -0.478 e. The molecule has 0 spiro atoms. The van der Waals surface area contributed by atoms with E-state index in [0.29, 0.717) is 11.4 Å². The Morgan fingerprint density at radius 3 is 2.61 bits per heavy atom. The first-order chi connectivity index (χ1) is 8.56. The standard InChI is InChI=1S/C14H14N2O2/c1-9-3-2-4-11(7-9)16-13-6-5-10(14(17)18)8-12(13)15/h2-8,16H,15H2,1H3,(H,17,18). The molecule has 0 saturated carbocycles. The summed E-state index contributed by atoms with van der Waals surface area (Å²) in [6, 6.07) is 12.5. The van der Waals surface area contributed by atoms with Gasteiger partial charge in [0.1, 0.15) is 0 Å². The molecule has 0 atom stereocenters. The van der Waals surface area contributed by atoms with Crippen molar-refractivity contribution in [1.29, 1.82) is 0 Å². The van der Waals surface area contributed by atoms with Gasteiger partial charge in [-0.1, -0.05) is 12.1 Å². The van der Waals surface area contributed by atoms with Gasteiger partial charge < -0.3 is 16.2 Å². The Morgan fingerprint density at radius 1 is 1.22 bits per heavy atom. The first kappa shape index (κ1) is 12.0. The Labute approximate surface area is 105 Å². The Bertz CT molecular complexity index is 594. The van der Waals surface area contributed by atoms with Crippen LogP contribution in [0.15, 0.2) is 42.5 Å². The number of carboxylic acid groups (broad SMARTS) is 1. The lowest BCUT2D eigenvalue weighted by molar-refractivity contribution is 0.0697. The van der Waals surface area contributed by atoms with Gasteiger partial charge in [-0.25, -0.2) is 4.79 Å². The molecule has 0 aliphatic rings. The lowest BCUT2D eigenvalue weighted by atomic mass is 10.1. The van der Waals surface area contributed by atoms with Crippen molar-refractivity contribution in [1.82, 2.24) is 0 Å². The van der Waals surface area contributed by atoms with Crippen LogP contribution >= 0.6 is 0 Å². The predicted octanol–water partition coefficient (Wildman–Crippen LogP) is 3.02. The van der Waals surface area contributed by atoms with Crippen LogP contribution in [-0.4, -0.2) is 11.1 Å². The van der Waals surface area contributed by atoms with Gasteiger partial charge in [0.05, 0.1) is 16.9 Å². The molecule has 0 amide bonds. The van der Waals surface area contributed by atoms with E-state index in [4.69, 9.17) is 10.8 Å². The number of hydrogen-bond donors (Lipinski definition) is 3. The lowest BCUT2D eigenvalue weighted by Gasteiger charge is -2.10. The Balaban J connectivity index is 2.27. The zero-order valence-corrected chi connectivity index (χ0v) is 9.97. The van der Waals surface area contributed by atoms with E-state index in [1.54, 1.807) is 6.07 Å². The summed E-state index contributed by atoms with van der Waals surface area (Å²) >= 11 is 0. The number of nitrogen functional groups attached to an aromatic ring is 1. The fraction of sp³-hybridized carbons (Fsp3) is 0.0714. The van der Waals surface area contributed by atoms with Gasteiger partial charge in [0.15, 0.2) is 0 Å². The van der Waals surface area contributed by atoms with Crippen LogP contribution in [0, 0.1) is 6.92 Å². The van der Waals surface area contributed by atoms with E-state index in [1.807, 2.05) is 31.2 Å². The Hall–Kier alpha value is -2.49. The van der Waals surface area contributed by atoms with Gasteiger partial charge in [0.25, 0.3) is 0 Å². The van der Waals surface area contributed by atoms with Gasteiger partial charge in [-0.2, -0.15) is 0 Å². The number of aromatic carboxylic acids is 1. The summed E-state index contributed by atoms with van der Waals surface area (Å²) in [5.41, 5.74) is 9.18. The highest BCUT2D eigenvalue weighted by Gasteiger charge is 2.06. The number of benzene rings is 2. The topological polar surface area (TPSA) is 75.3 Å². The van der Waals surface area contributed by atoms with Crippen LogP contribution in [0.5, 0.6) is 0 Å². The molecule has 4 heteroatoms. The molecular weight excluding hydrogens is 228 g/mol. The maximum absolute atomic E-state index is 10.8. The molecule has 2 aromatic carbocycles. The van der Waals surface area contributed by atoms with Gasteiger partial charge in [-0.3, -0.25) is 0 Å². The van der Waals surface area contributed by atoms with Crippen molar-refractivity contribution in [3.8, 4) is 0 Å². The predicted molar refractivity (Wildman–Crippen MR) is 72.3 cm³/mol. The molecule has 0 saturated heterocycles. The van der Waals surface area contributed by atoms with Crippen molar-refractivity contribution in [2.24, 2.45) is 0 Å². The van der Waals surface area contributed by atoms with Crippen molar-refractivity contribution in [2.45, 2.75) is 6.92 Å². The molecule has 0 unspecified atom stereocenters. The van der Waals surface area contributed by atoms with Crippen molar-refractivity contribution in [2.75, 3.05) is 11.1 Å². The number of carbonyl (C=O) groups is 1. The number of nitrogens with two attached hydrogens (primary N) is 1. The van der Waals surface area contributed by atoms with Crippen molar-refractivity contribution in [3.63, 3.8) is 0 Å². The SMILES string of the molecule is Cc1cccc(Nc2ccc(C(=O)O)cc2N)c1. The minimum atomic E-state index is -0.983. The van der Waals surface area contributed by atoms with E-state index in [0.717, 1.165) is 11.3 Å². The molecular formula is C14H14N2O2. The van der Waals surface area contributed by atoms with Crippen molar-refractivity contribution in [3.05, 3.63) is 53.6 Å². The third kappa shape index (κ3) is 2.60. The molecule has 18 heavy (non-hydrogen) atoms. The largest absolute Gasteiger partial charge is 0.478 e. The molecule has 0 heterocycles. The maximum Gasteiger partial charge on any atom is 0.335 e. The first-order valence-corrected chi connectivity index (χ1v) is 5.53. The summed E-state index contributed by atoms with van der Waals surface area (Å²) in [5.74, 6) is -0.983. The van der Waals surface area contributed by atoms with Crippen molar-refractivity contribution >= 4 is 23.0 Å². The van der Waals surface area contributed by atoms with E-state index in [2.05, 4.69) is 5.32 Å². The van der Waals surface area contributed by atoms with Crippen molar-refractivity contribution < 1.29 is 9.90 Å². The number of anilines is 3. The second kappa shape index (κ2) is 4.79. The van der Waals surface area contributed by atoms with Crippen LogP contribution in [0.25, 0.3) is 0 Å². The second-order valence-corrected chi connectivity index (χ2v) is 4.10. The van der Waals surface area contributed by atoms with Crippen LogP contribution in [0.2, 0.25) is 0 Å². The molecule has 4 nitrogen and oxygen atoms in total.